The van der Waals surface area contributed by atoms with Crippen LogP contribution in [0.15, 0.2) is 70.3 Å². The first-order valence-electron chi connectivity index (χ1n) is 11.2. The third-order valence-corrected chi connectivity index (χ3v) is 5.47. The minimum atomic E-state index is -0.660. The Morgan fingerprint density at radius 2 is 1.97 bits per heavy atom. The van der Waals surface area contributed by atoms with Gasteiger partial charge in [-0.15, -0.1) is 6.58 Å². The second-order valence-corrected chi connectivity index (χ2v) is 8.01. The Morgan fingerprint density at radius 1 is 1.15 bits per heavy atom. The fourth-order valence-corrected chi connectivity index (χ4v) is 3.95. The van der Waals surface area contributed by atoms with Gasteiger partial charge in [-0.25, -0.2) is 0 Å². The maximum atomic E-state index is 10.6. The molecule has 2 aromatic heterocycles. The van der Waals surface area contributed by atoms with E-state index in [2.05, 4.69) is 21.5 Å². The van der Waals surface area contributed by atoms with Crippen LogP contribution in [0.5, 0.6) is 0 Å². The van der Waals surface area contributed by atoms with Gasteiger partial charge in [0.05, 0.1) is 50.9 Å². The molecule has 0 saturated carbocycles. The van der Waals surface area contributed by atoms with Gasteiger partial charge in [0.2, 0.25) is 5.88 Å². The molecule has 1 aliphatic rings. The van der Waals surface area contributed by atoms with E-state index in [-0.39, 0.29) is 6.61 Å². The molecule has 8 heteroatoms. The number of nitrogens with zero attached hydrogens (tertiary/aromatic N) is 3. The van der Waals surface area contributed by atoms with Gasteiger partial charge in [-0.2, -0.15) is 0 Å². The van der Waals surface area contributed by atoms with Crippen molar-refractivity contribution in [1.29, 1.82) is 0 Å². The Kier molecular flexibility index (Phi) is 8.32. The van der Waals surface area contributed by atoms with Gasteiger partial charge in [-0.3, -0.25) is 4.90 Å². The van der Waals surface area contributed by atoms with Gasteiger partial charge in [0.15, 0.2) is 0 Å². The summed E-state index contributed by atoms with van der Waals surface area (Å²) in [6.07, 6.45) is 2.67. The van der Waals surface area contributed by atoms with Crippen molar-refractivity contribution in [2.24, 2.45) is 0 Å². The zero-order chi connectivity index (χ0) is 22.9. The summed E-state index contributed by atoms with van der Waals surface area (Å²) in [6.45, 7) is 8.53. The quantitative estimate of drug-likeness (QED) is 0.330. The van der Waals surface area contributed by atoms with Gasteiger partial charge in [0, 0.05) is 31.7 Å². The molecular formula is C25H31N3O5. The normalized spacial score (nSPS) is 15.2. The molecule has 1 atom stereocenters. The van der Waals surface area contributed by atoms with Crippen molar-refractivity contribution in [3.63, 3.8) is 0 Å². The Balaban J connectivity index is 1.61. The average molecular weight is 454 g/mol. The lowest BCUT2D eigenvalue weighted by Gasteiger charge is -2.29. The first-order valence-corrected chi connectivity index (χ1v) is 11.2. The Hall–Kier alpha value is -2.91. The van der Waals surface area contributed by atoms with E-state index in [1.54, 1.807) is 12.3 Å². The molecule has 1 saturated heterocycles. The minimum absolute atomic E-state index is 0.228. The smallest absolute Gasteiger partial charge is 0.232 e. The van der Waals surface area contributed by atoms with Crippen LogP contribution in [0.2, 0.25) is 0 Å². The molecular weight excluding hydrogens is 422 g/mol. The van der Waals surface area contributed by atoms with E-state index in [4.69, 9.17) is 18.4 Å². The van der Waals surface area contributed by atoms with Gasteiger partial charge in [0.1, 0.15) is 11.5 Å². The standard InChI is InChI=1S/C25H31N3O5/c1-2-12-31-19-21(29)16-27(17-22-9-6-13-32-22)18-23-24(20-7-4-3-5-8-20)26-33-25(23)28-10-14-30-15-11-28/h2-9,13,21,29H,1,10-12,14-19H2/t21-/m1/s1. The topological polar surface area (TPSA) is 84.3 Å². The Bertz CT molecular complexity index is 967. The van der Waals surface area contributed by atoms with Crippen LogP contribution in [0, 0.1) is 0 Å². The number of benzene rings is 1. The lowest BCUT2D eigenvalue weighted by atomic mass is 10.1. The summed E-state index contributed by atoms with van der Waals surface area (Å²) in [5, 5.41) is 15.1. The monoisotopic (exact) mass is 453 g/mol. The summed E-state index contributed by atoms with van der Waals surface area (Å²) < 4.78 is 22.5. The second kappa shape index (κ2) is 11.8. The predicted molar refractivity (Wildman–Crippen MR) is 125 cm³/mol. The van der Waals surface area contributed by atoms with E-state index in [9.17, 15) is 5.11 Å². The van der Waals surface area contributed by atoms with E-state index >= 15 is 0 Å². The van der Waals surface area contributed by atoms with Gasteiger partial charge >= 0.3 is 0 Å². The van der Waals surface area contributed by atoms with Crippen molar-refractivity contribution in [2.45, 2.75) is 19.2 Å². The summed E-state index contributed by atoms with van der Waals surface area (Å²) in [5.41, 5.74) is 2.77. The number of aliphatic hydroxyl groups excluding tert-OH is 1. The molecule has 0 radical (unpaired) electrons. The zero-order valence-electron chi connectivity index (χ0n) is 18.8. The fourth-order valence-electron chi connectivity index (χ4n) is 3.95. The first kappa shape index (κ1) is 23.3. The average Bonchev–Trinajstić information content (AvgIpc) is 3.50. The van der Waals surface area contributed by atoms with E-state index in [1.807, 2.05) is 42.5 Å². The van der Waals surface area contributed by atoms with Gasteiger partial charge < -0.3 is 28.4 Å². The number of aliphatic hydroxyl groups is 1. The Morgan fingerprint density at radius 3 is 2.70 bits per heavy atom. The van der Waals surface area contributed by atoms with Crippen molar-refractivity contribution in [3.05, 3.63) is 72.7 Å². The van der Waals surface area contributed by atoms with Crippen molar-refractivity contribution < 1.29 is 23.5 Å². The highest BCUT2D eigenvalue weighted by Crippen LogP contribution is 2.33. The summed E-state index contributed by atoms with van der Waals surface area (Å²) in [7, 11) is 0. The number of hydrogen-bond donors (Lipinski definition) is 1. The maximum Gasteiger partial charge on any atom is 0.232 e. The first-order chi connectivity index (χ1) is 16.2. The van der Waals surface area contributed by atoms with Crippen molar-refractivity contribution in [3.8, 4) is 11.3 Å². The summed E-state index contributed by atoms with van der Waals surface area (Å²) in [5.74, 6) is 1.57. The van der Waals surface area contributed by atoms with Crippen LogP contribution >= 0.6 is 0 Å². The van der Waals surface area contributed by atoms with Crippen LogP contribution in [0.1, 0.15) is 11.3 Å². The van der Waals surface area contributed by atoms with Crippen LogP contribution in [0.3, 0.4) is 0 Å². The number of aromatic nitrogens is 1. The van der Waals surface area contributed by atoms with Crippen molar-refractivity contribution in [2.75, 3.05) is 51.0 Å². The van der Waals surface area contributed by atoms with Crippen LogP contribution in [-0.4, -0.2) is 67.3 Å². The molecule has 1 N–H and O–H groups in total. The predicted octanol–water partition coefficient (Wildman–Crippen LogP) is 3.34. The molecule has 0 spiro atoms. The molecule has 0 bridgehead atoms. The zero-order valence-corrected chi connectivity index (χ0v) is 18.8. The van der Waals surface area contributed by atoms with Gasteiger partial charge in [-0.1, -0.05) is 41.6 Å². The molecule has 0 aliphatic carbocycles. The molecule has 1 aromatic carbocycles. The molecule has 0 unspecified atom stereocenters. The van der Waals surface area contributed by atoms with E-state index in [0.29, 0.717) is 39.5 Å². The molecule has 4 rings (SSSR count). The summed E-state index contributed by atoms with van der Waals surface area (Å²) >= 11 is 0. The molecule has 3 heterocycles. The largest absolute Gasteiger partial charge is 0.468 e. The SMILES string of the molecule is C=CCOC[C@H](O)CN(Cc1ccco1)Cc1c(-c2ccccc2)noc1N1CCOCC1. The highest BCUT2D eigenvalue weighted by Gasteiger charge is 2.26. The summed E-state index contributed by atoms with van der Waals surface area (Å²) in [6, 6.07) is 13.8. The maximum absolute atomic E-state index is 10.6. The number of ether oxygens (including phenoxy) is 2. The molecule has 8 nitrogen and oxygen atoms in total. The van der Waals surface area contributed by atoms with Gasteiger partial charge in [-0.05, 0) is 12.1 Å². The number of morpholine rings is 1. The van der Waals surface area contributed by atoms with E-state index in [1.165, 1.54) is 0 Å². The minimum Gasteiger partial charge on any atom is -0.468 e. The Labute approximate surface area is 194 Å². The third kappa shape index (κ3) is 6.33. The number of anilines is 1. The number of rotatable bonds is 12. The summed E-state index contributed by atoms with van der Waals surface area (Å²) in [4.78, 5) is 4.30. The lowest BCUT2D eigenvalue weighted by molar-refractivity contribution is 0.0216. The van der Waals surface area contributed by atoms with E-state index in [0.717, 1.165) is 41.6 Å². The molecule has 33 heavy (non-hydrogen) atoms. The van der Waals surface area contributed by atoms with Crippen molar-refractivity contribution >= 4 is 5.88 Å². The van der Waals surface area contributed by atoms with Crippen LogP contribution in [0.4, 0.5) is 5.88 Å². The van der Waals surface area contributed by atoms with Crippen LogP contribution in [0.25, 0.3) is 11.3 Å². The highest BCUT2D eigenvalue weighted by molar-refractivity contribution is 5.68. The molecule has 3 aromatic rings. The van der Waals surface area contributed by atoms with Crippen LogP contribution in [-0.2, 0) is 22.6 Å². The van der Waals surface area contributed by atoms with E-state index < -0.39 is 6.10 Å². The molecule has 176 valence electrons. The molecule has 1 fully saturated rings. The fraction of sp³-hybridized carbons (Fsp3) is 0.400. The number of hydrogen-bond acceptors (Lipinski definition) is 8. The number of furan rings is 1. The second-order valence-electron chi connectivity index (χ2n) is 8.01. The molecule has 1 aliphatic heterocycles. The van der Waals surface area contributed by atoms with Crippen LogP contribution < -0.4 is 4.90 Å². The lowest BCUT2D eigenvalue weighted by Crippen LogP contribution is -2.38. The molecule has 0 amide bonds. The van der Waals surface area contributed by atoms with Gasteiger partial charge in [0.25, 0.3) is 0 Å². The third-order valence-electron chi connectivity index (χ3n) is 5.47. The highest BCUT2D eigenvalue weighted by atomic mass is 16.5. The van der Waals surface area contributed by atoms with Crippen molar-refractivity contribution in [1.82, 2.24) is 10.1 Å².